The summed E-state index contributed by atoms with van der Waals surface area (Å²) < 4.78 is 13.7. The summed E-state index contributed by atoms with van der Waals surface area (Å²) >= 11 is 2.04. The van der Waals surface area contributed by atoms with Gasteiger partial charge in [-0.05, 0) is 53.6 Å². The molecule has 0 aliphatic carbocycles. The fraction of sp³-hybridized carbons (Fsp3) is 0.400. The number of nitriles is 1. The van der Waals surface area contributed by atoms with Gasteiger partial charge in [-0.1, -0.05) is 36.4 Å². The lowest BCUT2D eigenvalue weighted by atomic mass is 9.93. The molecule has 5 rings (SSSR count). The quantitative estimate of drug-likeness (QED) is 0.429. The molecule has 3 aromatic carbocycles. The number of hydrogen-bond acceptors (Lipinski definition) is 5. The predicted octanol–water partition coefficient (Wildman–Crippen LogP) is 4.83. The minimum absolute atomic E-state index is 0.0883. The highest BCUT2D eigenvalue weighted by atomic mass is 32.2. The van der Waals surface area contributed by atoms with Crippen LogP contribution < -0.4 is 0 Å². The summed E-state index contributed by atoms with van der Waals surface area (Å²) in [7, 11) is 1.82. The Morgan fingerprint density at radius 1 is 1.14 bits per heavy atom. The molecule has 2 aliphatic heterocycles. The van der Waals surface area contributed by atoms with Crippen LogP contribution in [0.4, 0.5) is 4.39 Å². The first kappa shape index (κ1) is 25.7. The first-order chi connectivity index (χ1) is 18.0. The van der Waals surface area contributed by atoms with Crippen LogP contribution in [0, 0.1) is 17.1 Å². The number of likely N-dealkylation sites (tertiary alicyclic amines) is 1. The van der Waals surface area contributed by atoms with Gasteiger partial charge in [0.2, 0.25) is 0 Å². The number of rotatable bonds is 8. The second-order valence-electron chi connectivity index (χ2n) is 10.1. The van der Waals surface area contributed by atoms with Crippen molar-refractivity contribution in [3.8, 4) is 6.07 Å². The maximum absolute atomic E-state index is 13.7. The van der Waals surface area contributed by atoms with Crippen LogP contribution in [0.1, 0.15) is 33.8 Å². The molecule has 1 unspecified atom stereocenters. The van der Waals surface area contributed by atoms with Gasteiger partial charge in [0.25, 0.3) is 5.91 Å². The van der Waals surface area contributed by atoms with Crippen LogP contribution in [0.15, 0.2) is 60.7 Å². The van der Waals surface area contributed by atoms with Gasteiger partial charge in [-0.3, -0.25) is 9.69 Å². The lowest BCUT2D eigenvalue weighted by Gasteiger charge is -2.47. The van der Waals surface area contributed by atoms with Crippen molar-refractivity contribution in [1.29, 1.82) is 5.26 Å². The van der Waals surface area contributed by atoms with E-state index in [9.17, 15) is 14.4 Å². The van der Waals surface area contributed by atoms with Crippen LogP contribution in [-0.4, -0.2) is 84.5 Å². The maximum atomic E-state index is 13.7. The van der Waals surface area contributed by atoms with Crippen LogP contribution in [0.5, 0.6) is 0 Å². The van der Waals surface area contributed by atoms with Gasteiger partial charge in [0.15, 0.2) is 0 Å². The summed E-state index contributed by atoms with van der Waals surface area (Å²) in [5.41, 5.74) is 2.06. The van der Waals surface area contributed by atoms with Crippen molar-refractivity contribution in [3.05, 3.63) is 83.2 Å². The molecular weight excluding hydrogens is 483 g/mol. The van der Waals surface area contributed by atoms with Crippen molar-refractivity contribution in [2.45, 2.75) is 18.4 Å². The van der Waals surface area contributed by atoms with Crippen LogP contribution >= 0.6 is 11.8 Å². The number of carbonyl (C=O) groups excluding carboxylic acids is 1. The van der Waals surface area contributed by atoms with E-state index in [2.05, 4.69) is 15.9 Å². The predicted molar refractivity (Wildman–Crippen MR) is 149 cm³/mol. The van der Waals surface area contributed by atoms with E-state index in [1.54, 1.807) is 11.0 Å². The Hall–Kier alpha value is -2.92. The highest BCUT2D eigenvalue weighted by Crippen LogP contribution is 2.27. The molecule has 0 radical (unpaired) electrons. The first-order valence-electron chi connectivity index (χ1n) is 13.0. The van der Waals surface area contributed by atoms with Crippen molar-refractivity contribution < 1.29 is 9.18 Å². The molecule has 0 bridgehead atoms. The number of benzene rings is 3. The molecule has 0 aromatic heterocycles. The van der Waals surface area contributed by atoms with Crippen molar-refractivity contribution in [1.82, 2.24) is 14.7 Å². The van der Waals surface area contributed by atoms with Gasteiger partial charge in [-0.25, -0.2) is 4.39 Å². The Kier molecular flexibility index (Phi) is 8.09. The Labute approximate surface area is 222 Å². The fourth-order valence-corrected chi connectivity index (χ4v) is 6.44. The standard InChI is InChI=1S/C30H33FN4OS/c1-33(30(36)29-17-22(18-32)16-24-4-2-3-5-28(24)29)19-25(23-6-8-26(31)9-7-23)10-11-34-20-27(21-34)35-12-14-37-15-13-35/h2-9,16-17,25,27H,10-15,19-21H2,1H3. The largest absolute Gasteiger partial charge is 0.341 e. The average Bonchev–Trinajstić information content (AvgIpc) is 2.91. The normalized spacial score (nSPS) is 17.8. The molecular formula is C30H33FN4OS. The third-order valence-electron chi connectivity index (χ3n) is 7.70. The SMILES string of the molecule is CN(CC(CCN1CC(N2CCSCC2)C1)c1ccc(F)cc1)C(=O)c1cc(C#N)cc2ccccc12. The molecule has 0 N–H and O–H groups in total. The number of carbonyl (C=O) groups is 1. The van der Waals surface area contributed by atoms with Gasteiger partial charge in [0.1, 0.15) is 5.82 Å². The summed E-state index contributed by atoms with van der Waals surface area (Å²) in [4.78, 5) is 20.5. The van der Waals surface area contributed by atoms with Crippen molar-refractivity contribution in [2.24, 2.45) is 0 Å². The third kappa shape index (κ3) is 5.98. The fourth-order valence-electron chi connectivity index (χ4n) is 5.51. The van der Waals surface area contributed by atoms with Gasteiger partial charge < -0.3 is 9.80 Å². The minimum Gasteiger partial charge on any atom is -0.341 e. The monoisotopic (exact) mass is 516 g/mol. The zero-order valence-electron chi connectivity index (χ0n) is 21.3. The van der Waals surface area contributed by atoms with Gasteiger partial charge in [-0.15, -0.1) is 0 Å². The molecule has 3 aromatic rings. The van der Waals surface area contributed by atoms with Crippen molar-refractivity contribution in [3.63, 3.8) is 0 Å². The summed E-state index contributed by atoms with van der Waals surface area (Å²) in [5, 5.41) is 11.2. The maximum Gasteiger partial charge on any atom is 0.254 e. The average molecular weight is 517 g/mol. The van der Waals surface area contributed by atoms with E-state index in [0.717, 1.165) is 42.4 Å². The summed E-state index contributed by atoms with van der Waals surface area (Å²) in [6.07, 6.45) is 0.894. The Morgan fingerprint density at radius 2 is 1.86 bits per heavy atom. The Bertz CT molecular complexity index is 1280. The molecule has 1 atom stereocenters. The number of halogens is 1. The topological polar surface area (TPSA) is 50.6 Å². The summed E-state index contributed by atoms with van der Waals surface area (Å²) in [6, 6.07) is 20.7. The van der Waals surface area contributed by atoms with Crippen LogP contribution in [0.25, 0.3) is 10.8 Å². The first-order valence-corrected chi connectivity index (χ1v) is 14.2. The molecule has 2 saturated heterocycles. The number of nitrogens with zero attached hydrogens (tertiary/aromatic N) is 4. The molecule has 2 fully saturated rings. The molecule has 37 heavy (non-hydrogen) atoms. The van der Waals surface area contributed by atoms with Crippen LogP contribution in [-0.2, 0) is 0 Å². The van der Waals surface area contributed by atoms with E-state index in [-0.39, 0.29) is 17.6 Å². The van der Waals surface area contributed by atoms with Gasteiger partial charge >= 0.3 is 0 Å². The molecule has 0 spiro atoms. The van der Waals surface area contributed by atoms with Crippen LogP contribution in [0.3, 0.4) is 0 Å². The molecule has 2 aliphatic rings. The molecule has 192 valence electrons. The molecule has 1 amide bonds. The number of amides is 1. The van der Waals surface area contributed by atoms with Crippen molar-refractivity contribution in [2.75, 3.05) is 57.8 Å². The van der Waals surface area contributed by atoms with Gasteiger partial charge in [-0.2, -0.15) is 17.0 Å². The second kappa shape index (κ2) is 11.6. The zero-order chi connectivity index (χ0) is 25.8. The molecule has 2 heterocycles. The highest BCUT2D eigenvalue weighted by Gasteiger charge is 2.32. The van der Waals surface area contributed by atoms with Crippen LogP contribution in [0.2, 0.25) is 0 Å². The Morgan fingerprint density at radius 3 is 2.59 bits per heavy atom. The van der Waals surface area contributed by atoms with E-state index in [4.69, 9.17) is 0 Å². The lowest BCUT2D eigenvalue weighted by Crippen LogP contribution is -2.61. The number of hydrogen-bond donors (Lipinski definition) is 0. The van der Waals surface area contributed by atoms with E-state index < -0.39 is 0 Å². The summed E-state index contributed by atoms with van der Waals surface area (Å²) in [6.45, 7) is 6.06. The van der Waals surface area contributed by atoms with Crippen molar-refractivity contribution >= 4 is 28.4 Å². The molecule has 5 nitrogen and oxygen atoms in total. The number of thioether (sulfide) groups is 1. The van der Waals surface area contributed by atoms with E-state index in [0.29, 0.717) is 23.7 Å². The third-order valence-corrected chi connectivity index (χ3v) is 8.64. The molecule has 0 saturated carbocycles. The second-order valence-corrected chi connectivity index (χ2v) is 11.4. The van der Waals surface area contributed by atoms with E-state index >= 15 is 0 Å². The zero-order valence-corrected chi connectivity index (χ0v) is 22.1. The number of likely N-dealkylation sites (N-methyl/N-ethyl adjacent to an activating group) is 1. The minimum atomic E-state index is -0.253. The Balaban J connectivity index is 1.28. The summed E-state index contributed by atoms with van der Waals surface area (Å²) in [5.74, 6) is 2.20. The molecule has 7 heteroatoms. The number of fused-ring (bicyclic) bond motifs is 1. The smallest absolute Gasteiger partial charge is 0.254 e. The lowest BCUT2D eigenvalue weighted by molar-refractivity contribution is 0.0371. The van der Waals surface area contributed by atoms with Gasteiger partial charge in [0, 0.05) is 68.8 Å². The van der Waals surface area contributed by atoms with E-state index in [1.165, 1.54) is 36.7 Å². The van der Waals surface area contributed by atoms with Gasteiger partial charge in [0.05, 0.1) is 11.6 Å². The highest BCUT2D eigenvalue weighted by molar-refractivity contribution is 7.99. The van der Waals surface area contributed by atoms with E-state index in [1.807, 2.05) is 61.3 Å².